The molecule has 21 heavy (non-hydrogen) atoms. The molecular weight excluding hydrogens is 280 g/mol. The Kier molecular flexibility index (Phi) is 4.94. The summed E-state index contributed by atoms with van der Waals surface area (Å²) in [5.74, 6) is 0. The molecule has 4 heterocycles. The monoisotopic (exact) mass is 308 g/mol. The zero-order chi connectivity index (χ0) is 14.8. The second-order valence-corrected chi connectivity index (χ2v) is 7.68. The van der Waals surface area contributed by atoms with Gasteiger partial charge in [0.15, 0.2) is 0 Å². The summed E-state index contributed by atoms with van der Waals surface area (Å²) in [4.78, 5) is 11.7. The SMILES string of the molecule is CCCc1nc(C2CN3CCN2CC3)sc1CNC(C)C. The van der Waals surface area contributed by atoms with E-state index >= 15 is 0 Å². The van der Waals surface area contributed by atoms with Crippen molar-refractivity contribution in [3.63, 3.8) is 0 Å². The zero-order valence-electron chi connectivity index (χ0n) is 13.6. The van der Waals surface area contributed by atoms with Crippen LogP contribution in [0.15, 0.2) is 0 Å². The van der Waals surface area contributed by atoms with Crippen molar-refractivity contribution in [2.75, 3.05) is 32.7 Å². The first-order valence-corrected chi connectivity index (χ1v) is 9.17. The summed E-state index contributed by atoms with van der Waals surface area (Å²) in [5.41, 5.74) is 1.34. The lowest BCUT2D eigenvalue weighted by Gasteiger charge is -2.46. The van der Waals surface area contributed by atoms with Crippen molar-refractivity contribution in [2.45, 2.75) is 52.2 Å². The maximum absolute atomic E-state index is 5.03. The van der Waals surface area contributed by atoms with Crippen LogP contribution in [-0.2, 0) is 13.0 Å². The third-order valence-corrected chi connectivity index (χ3v) is 5.72. The lowest BCUT2D eigenvalue weighted by Crippen LogP contribution is -2.56. The van der Waals surface area contributed by atoms with Gasteiger partial charge in [0.1, 0.15) is 5.01 Å². The van der Waals surface area contributed by atoms with E-state index in [2.05, 4.69) is 35.9 Å². The second kappa shape index (κ2) is 6.73. The van der Waals surface area contributed by atoms with Crippen LogP contribution in [0.25, 0.3) is 0 Å². The van der Waals surface area contributed by atoms with E-state index in [1.54, 1.807) is 0 Å². The minimum absolute atomic E-state index is 0.533. The van der Waals surface area contributed by atoms with Gasteiger partial charge < -0.3 is 5.32 Å². The van der Waals surface area contributed by atoms with Crippen molar-refractivity contribution in [3.05, 3.63) is 15.6 Å². The van der Waals surface area contributed by atoms with E-state index in [1.165, 1.54) is 54.7 Å². The molecule has 1 aromatic rings. The average Bonchev–Trinajstić information content (AvgIpc) is 2.90. The molecule has 0 amide bonds. The minimum Gasteiger partial charge on any atom is -0.310 e. The molecule has 0 radical (unpaired) electrons. The number of hydrogen-bond donors (Lipinski definition) is 1. The summed E-state index contributed by atoms with van der Waals surface area (Å²) in [6, 6.07) is 1.08. The van der Waals surface area contributed by atoms with E-state index in [4.69, 9.17) is 4.98 Å². The predicted octanol–water partition coefficient (Wildman–Crippen LogP) is 2.27. The molecule has 2 bridgehead atoms. The zero-order valence-corrected chi connectivity index (χ0v) is 14.4. The van der Waals surface area contributed by atoms with Gasteiger partial charge in [-0.3, -0.25) is 9.80 Å². The first-order chi connectivity index (χ1) is 10.2. The third kappa shape index (κ3) is 3.47. The maximum atomic E-state index is 5.03. The van der Waals surface area contributed by atoms with Gasteiger partial charge >= 0.3 is 0 Å². The van der Waals surface area contributed by atoms with Crippen LogP contribution in [0.1, 0.15) is 48.8 Å². The summed E-state index contributed by atoms with van der Waals surface area (Å²) in [7, 11) is 0. The smallest absolute Gasteiger partial charge is 0.112 e. The predicted molar refractivity (Wildman–Crippen MR) is 88.8 cm³/mol. The van der Waals surface area contributed by atoms with Gasteiger partial charge in [0.25, 0.3) is 0 Å². The minimum atomic E-state index is 0.533. The molecule has 118 valence electrons. The van der Waals surface area contributed by atoms with Crippen molar-refractivity contribution in [2.24, 2.45) is 0 Å². The topological polar surface area (TPSA) is 31.4 Å². The number of nitrogens with zero attached hydrogens (tertiary/aromatic N) is 3. The van der Waals surface area contributed by atoms with Crippen molar-refractivity contribution in [3.8, 4) is 0 Å². The van der Waals surface area contributed by atoms with Crippen LogP contribution in [-0.4, -0.2) is 53.5 Å². The Hall–Kier alpha value is -0.490. The van der Waals surface area contributed by atoms with E-state index in [-0.39, 0.29) is 0 Å². The van der Waals surface area contributed by atoms with E-state index < -0.39 is 0 Å². The van der Waals surface area contributed by atoms with Gasteiger partial charge in [-0.2, -0.15) is 0 Å². The molecule has 4 rings (SSSR count). The molecule has 1 N–H and O–H groups in total. The molecule has 4 nitrogen and oxygen atoms in total. The van der Waals surface area contributed by atoms with Gasteiger partial charge in [-0.05, 0) is 6.42 Å². The van der Waals surface area contributed by atoms with Crippen LogP contribution < -0.4 is 5.32 Å². The van der Waals surface area contributed by atoms with Crippen molar-refractivity contribution >= 4 is 11.3 Å². The molecular formula is C16H28N4S. The lowest BCUT2D eigenvalue weighted by atomic mass is 10.1. The van der Waals surface area contributed by atoms with Crippen LogP contribution in [0.3, 0.4) is 0 Å². The normalized spacial score (nSPS) is 28.5. The van der Waals surface area contributed by atoms with Crippen molar-refractivity contribution < 1.29 is 0 Å². The summed E-state index contributed by atoms with van der Waals surface area (Å²) >= 11 is 1.95. The number of hydrogen-bond acceptors (Lipinski definition) is 5. The molecule has 3 aliphatic heterocycles. The van der Waals surface area contributed by atoms with E-state index in [0.717, 1.165) is 13.0 Å². The fourth-order valence-electron chi connectivity index (χ4n) is 3.26. The Morgan fingerprint density at radius 3 is 2.62 bits per heavy atom. The number of rotatable bonds is 6. The number of fused-ring (bicyclic) bond motifs is 3. The van der Waals surface area contributed by atoms with Gasteiger partial charge in [-0.25, -0.2) is 4.98 Å². The Bertz CT molecular complexity index is 463. The highest BCUT2D eigenvalue weighted by atomic mass is 32.1. The first-order valence-electron chi connectivity index (χ1n) is 8.35. The van der Waals surface area contributed by atoms with Gasteiger partial charge in [0.2, 0.25) is 0 Å². The third-order valence-electron chi connectivity index (χ3n) is 4.52. The molecule has 0 aromatic carbocycles. The number of aryl methyl sites for hydroxylation is 1. The Balaban J connectivity index is 1.77. The van der Waals surface area contributed by atoms with E-state index in [0.29, 0.717) is 12.1 Å². The quantitative estimate of drug-likeness (QED) is 0.873. The van der Waals surface area contributed by atoms with Gasteiger partial charge in [-0.15, -0.1) is 11.3 Å². The van der Waals surface area contributed by atoms with Crippen LogP contribution in [0.2, 0.25) is 0 Å². The first kappa shape index (κ1) is 15.4. The Morgan fingerprint density at radius 2 is 2.05 bits per heavy atom. The molecule has 0 spiro atoms. The Labute approximate surface area is 132 Å². The number of thiazole rings is 1. The second-order valence-electron chi connectivity index (χ2n) is 6.56. The van der Waals surface area contributed by atoms with Crippen LogP contribution in [0.4, 0.5) is 0 Å². The highest BCUT2D eigenvalue weighted by Gasteiger charge is 2.34. The molecule has 1 aromatic heterocycles. The molecule has 1 unspecified atom stereocenters. The van der Waals surface area contributed by atoms with Gasteiger partial charge in [-0.1, -0.05) is 27.2 Å². The summed E-state index contributed by atoms with van der Waals surface area (Å²) < 4.78 is 0. The summed E-state index contributed by atoms with van der Waals surface area (Å²) in [6.07, 6.45) is 2.29. The fraction of sp³-hybridized carbons (Fsp3) is 0.812. The highest BCUT2D eigenvalue weighted by molar-refractivity contribution is 7.11. The number of nitrogens with one attached hydrogen (secondary N) is 1. The maximum Gasteiger partial charge on any atom is 0.112 e. The molecule has 1 atom stereocenters. The summed E-state index contributed by atoms with van der Waals surface area (Å²) in [5, 5.41) is 4.91. The molecule has 0 aliphatic carbocycles. The summed E-state index contributed by atoms with van der Waals surface area (Å²) in [6.45, 7) is 13.7. The number of piperazine rings is 3. The van der Waals surface area contributed by atoms with E-state index in [1.807, 2.05) is 11.3 Å². The molecule has 3 saturated heterocycles. The number of aromatic nitrogens is 1. The molecule has 5 heteroatoms. The van der Waals surface area contributed by atoms with E-state index in [9.17, 15) is 0 Å². The van der Waals surface area contributed by atoms with Gasteiger partial charge in [0, 0.05) is 50.2 Å². The van der Waals surface area contributed by atoms with Crippen molar-refractivity contribution in [1.82, 2.24) is 20.1 Å². The largest absolute Gasteiger partial charge is 0.310 e. The average molecular weight is 308 g/mol. The van der Waals surface area contributed by atoms with Crippen molar-refractivity contribution in [1.29, 1.82) is 0 Å². The molecule has 0 saturated carbocycles. The van der Waals surface area contributed by atoms with Gasteiger partial charge in [0.05, 0.1) is 11.7 Å². The fourth-order valence-corrected chi connectivity index (χ4v) is 4.45. The highest BCUT2D eigenvalue weighted by Crippen LogP contribution is 2.33. The molecule has 3 aliphatic rings. The standard InChI is InChI=1S/C16H28N4S/c1-4-5-13-15(10-17-12(2)3)21-16(18-13)14-11-19-6-8-20(14)9-7-19/h12,14,17H,4-11H2,1-3H3. The Morgan fingerprint density at radius 1 is 1.29 bits per heavy atom. The lowest BCUT2D eigenvalue weighted by molar-refractivity contribution is 0.0122. The van der Waals surface area contributed by atoms with Crippen LogP contribution in [0, 0.1) is 0 Å². The van der Waals surface area contributed by atoms with Crippen LogP contribution in [0.5, 0.6) is 0 Å². The van der Waals surface area contributed by atoms with Crippen LogP contribution >= 0.6 is 11.3 Å². The molecule has 3 fully saturated rings.